The lowest BCUT2D eigenvalue weighted by Gasteiger charge is -2.46. The quantitative estimate of drug-likeness (QED) is 0.375. The average molecular weight is 389 g/mol. The van der Waals surface area contributed by atoms with Crippen molar-refractivity contribution in [2.24, 2.45) is 11.8 Å². The molecule has 0 radical (unpaired) electrons. The third-order valence-corrected chi connectivity index (χ3v) is 4.26. The SMILES string of the molecule is CC(=O)N[C@H]1C(CC(=O)O)O[C@@H](COC(C)=O)[C@H](CC(=O)O)[C@H]1CC(=O)O. The molecule has 1 saturated heterocycles. The molecule has 1 rings (SSSR count). The van der Waals surface area contributed by atoms with Crippen LogP contribution in [0.2, 0.25) is 0 Å². The molecule has 11 heteroatoms. The molecule has 0 aromatic carbocycles. The van der Waals surface area contributed by atoms with Crippen LogP contribution in [0.3, 0.4) is 0 Å². The van der Waals surface area contributed by atoms with Crippen LogP contribution in [0.1, 0.15) is 33.1 Å². The Balaban J connectivity index is 3.29. The van der Waals surface area contributed by atoms with Crippen LogP contribution in [0.4, 0.5) is 0 Å². The summed E-state index contributed by atoms with van der Waals surface area (Å²) in [6.45, 7) is 1.96. The van der Waals surface area contributed by atoms with Crippen LogP contribution in [0.25, 0.3) is 0 Å². The molecule has 1 amide bonds. The second kappa shape index (κ2) is 9.86. The van der Waals surface area contributed by atoms with Gasteiger partial charge in [0.25, 0.3) is 0 Å². The normalized spacial score (nSPS) is 27.4. The molecule has 0 aromatic rings. The minimum absolute atomic E-state index is 0.355. The van der Waals surface area contributed by atoms with Gasteiger partial charge in [0.1, 0.15) is 6.61 Å². The Morgan fingerprint density at radius 2 is 1.37 bits per heavy atom. The van der Waals surface area contributed by atoms with Gasteiger partial charge in [-0.1, -0.05) is 0 Å². The topological polar surface area (TPSA) is 177 Å². The largest absolute Gasteiger partial charge is 0.481 e. The van der Waals surface area contributed by atoms with Crippen molar-refractivity contribution >= 4 is 29.8 Å². The highest BCUT2D eigenvalue weighted by Gasteiger charge is 2.48. The van der Waals surface area contributed by atoms with Gasteiger partial charge in [-0.05, 0) is 5.92 Å². The molecule has 1 aliphatic rings. The fourth-order valence-corrected chi connectivity index (χ4v) is 3.34. The summed E-state index contributed by atoms with van der Waals surface area (Å²) < 4.78 is 10.5. The predicted molar refractivity (Wildman–Crippen MR) is 86.6 cm³/mol. The smallest absolute Gasteiger partial charge is 0.306 e. The van der Waals surface area contributed by atoms with Crippen molar-refractivity contribution < 1.29 is 48.8 Å². The van der Waals surface area contributed by atoms with Crippen LogP contribution >= 0.6 is 0 Å². The molecule has 5 atom stereocenters. The fourth-order valence-electron chi connectivity index (χ4n) is 3.34. The second-order valence-electron chi connectivity index (χ2n) is 6.36. The predicted octanol–water partition coefficient (Wildman–Crippen LogP) is -0.522. The number of aliphatic carboxylic acids is 3. The van der Waals surface area contributed by atoms with Crippen molar-refractivity contribution in [3.63, 3.8) is 0 Å². The highest BCUT2D eigenvalue weighted by molar-refractivity contribution is 5.74. The van der Waals surface area contributed by atoms with E-state index in [0.717, 1.165) is 6.92 Å². The van der Waals surface area contributed by atoms with Gasteiger partial charge in [-0.25, -0.2) is 0 Å². The Morgan fingerprint density at radius 1 is 0.852 bits per heavy atom. The van der Waals surface area contributed by atoms with Crippen LogP contribution in [0.5, 0.6) is 0 Å². The Labute approximate surface area is 154 Å². The second-order valence-corrected chi connectivity index (χ2v) is 6.36. The summed E-state index contributed by atoms with van der Waals surface area (Å²) in [6, 6.07) is -1.02. The molecule has 27 heavy (non-hydrogen) atoms. The van der Waals surface area contributed by atoms with Crippen LogP contribution in [0.15, 0.2) is 0 Å². The fraction of sp³-hybridized carbons (Fsp3) is 0.688. The Bertz CT molecular complexity index is 604. The van der Waals surface area contributed by atoms with Gasteiger partial charge in [-0.2, -0.15) is 0 Å². The van der Waals surface area contributed by atoms with E-state index in [1.807, 2.05) is 0 Å². The Kier molecular flexibility index (Phi) is 8.16. The van der Waals surface area contributed by atoms with E-state index in [4.69, 9.17) is 14.6 Å². The lowest BCUT2D eigenvalue weighted by molar-refractivity contribution is -0.181. The monoisotopic (exact) mass is 389 g/mol. The van der Waals surface area contributed by atoms with Gasteiger partial charge in [-0.15, -0.1) is 0 Å². The van der Waals surface area contributed by atoms with E-state index in [9.17, 15) is 34.2 Å². The van der Waals surface area contributed by atoms with E-state index in [1.165, 1.54) is 6.92 Å². The van der Waals surface area contributed by atoms with Crippen molar-refractivity contribution in [3.05, 3.63) is 0 Å². The number of carboxylic acid groups (broad SMARTS) is 3. The molecule has 4 N–H and O–H groups in total. The first kappa shape index (κ1) is 22.4. The van der Waals surface area contributed by atoms with Crippen LogP contribution < -0.4 is 5.32 Å². The summed E-state index contributed by atoms with van der Waals surface area (Å²) in [7, 11) is 0. The maximum atomic E-state index is 11.6. The van der Waals surface area contributed by atoms with Gasteiger partial charge in [0, 0.05) is 19.8 Å². The summed E-state index contributed by atoms with van der Waals surface area (Å²) in [5.41, 5.74) is 0. The third-order valence-electron chi connectivity index (χ3n) is 4.26. The van der Waals surface area contributed by atoms with Crippen LogP contribution in [0, 0.1) is 11.8 Å². The number of esters is 1. The van der Waals surface area contributed by atoms with E-state index >= 15 is 0 Å². The number of carbonyl (C=O) groups excluding carboxylic acids is 2. The Morgan fingerprint density at radius 3 is 1.81 bits per heavy atom. The van der Waals surface area contributed by atoms with Gasteiger partial charge >= 0.3 is 23.9 Å². The van der Waals surface area contributed by atoms with Gasteiger partial charge < -0.3 is 30.1 Å². The van der Waals surface area contributed by atoms with Crippen molar-refractivity contribution in [3.8, 4) is 0 Å². The molecule has 1 heterocycles. The average Bonchev–Trinajstić information content (AvgIpc) is 2.49. The standard InChI is InChI=1S/C16H23NO10/c1-7(18)17-16-10(4-14(22)23)9(3-13(20)21)12(6-26-8(2)19)27-11(16)5-15(24)25/h9-12,16H,3-6H2,1-2H3,(H,17,18)(H,20,21)(H,22,23)(H,24,25)/t9-,10-,11?,12+,16-/m1/s1. The number of rotatable bonds is 9. The zero-order chi connectivity index (χ0) is 20.7. The minimum atomic E-state index is -1.24. The molecular weight excluding hydrogens is 366 g/mol. The molecular formula is C16H23NO10. The van der Waals surface area contributed by atoms with Gasteiger partial charge in [-0.3, -0.25) is 24.0 Å². The summed E-state index contributed by atoms with van der Waals surface area (Å²) in [6.07, 6.45) is -3.69. The number of carbonyl (C=O) groups is 5. The van der Waals surface area contributed by atoms with Gasteiger partial charge in [0.15, 0.2) is 0 Å². The molecule has 152 valence electrons. The maximum absolute atomic E-state index is 11.6. The zero-order valence-electron chi connectivity index (χ0n) is 14.9. The summed E-state index contributed by atoms with van der Waals surface area (Å²) >= 11 is 0. The summed E-state index contributed by atoms with van der Waals surface area (Å²) in [4.78, 5) is 56.4. The van der Waals surface area contributed by atoms with Crippen LogP contribution in [-0.2, 0) is 33.4 Å². The number of ether oxygens (including phenoxy) is 2. The number of amides is 1. The lowest BCUT2D eigenvalue weighted by atomic mass is 9.73. The first-order valence-corrected chi connectivity index (χ1v) is 8.22. The molecule has 1 aliphatic heterocycles. The van der Waals surface area contributed by atoms with E-state index in [0.29, 0.717) is 0 Å². The molecule has 0 aliphatic carbocycles. The summed E-state index contributed by atoms with van der Waals surface area (Å²) in [5.74, 6) is -6.76. The number of hydrogen-bond donors (Lipinski definition) is 4. The van der Waals surface area contributed by atoms with Crippen molar-refractivity contribution in [1.82, 2.24) is 5.32 Å². The van der Waals surface area contributed by atoms with Crippen molar-refractivity contribution in [2.45, 2.75) is 51.4 Å². The number of nitrogens with one attached hydrogen (secondary N) is 1. The third kappa shape index (κ3) is 7.21. The molecule has 0 aromatic heterocycles. The number of carboxylic acids is 3. The van der Waals surface area contributed by atoms with E-state index in [-0.39, 0.29) is 6.61 Å². The molecule has 1 fully saturated rings. The molecule has 0 bridgehead atoms. The van der Waals surface area contributed by atoms with Gasteiger partial charge in [0.05, 0.1) is 37.5 Å². The molecule has 0 saturated carbocycles. The first-order valence-electron chi connectivity index (χ1n) is 8.22. The van der Waals surface area contributed by atoms with Crippen molar-refractivity contribution in [1.29, 1.82) is 0 Å². The highest BCUT2D eigenvalue weighted by Crippen LogP contribution is 2.37. The molecule has 11 nitrogen and oxygen atoms in total. The number of hydrogen-bond acceptors (Lipinski definition) is 7. The first-order chi connectivity index (χ1) is 12.5. The molecule has 0 spiro atoms. The summed E-state index contributed by atoms with van der Waals surface area (Å²) in [5, 5.41) is 30.0. The Hall–Kier alpha value is -2.69. The highest BCUT2D eigenvalue weighted by atomic mass is 16.6. The van der Waals surface area contributed by atoms with E-state index in [2.05, 4.69) is 5.32 Å². The van der Waals surface area contributed by atoms with Crippen LogP contribution in [-0.4, -0.2) is 70.0 Å². The lowest BCUT2D eigenvalue weighted by Crippen LogP contribution is -2.60. The van der Waals surface area contributed by atoms with E-state index in [1.54, 1.807) is 0 Å². The zero-order valence-corrected chi connectivity index (χ0v) is 14.9. The van der Waals surface area contributed by atoms with E-state index < -0.39 is 79.1 Å². The maximum Gasteiger partial charge on any atom is 0.306 e. The molecule has 1 unspecified atom stereocenters. The van der Waals surface area contributed by atoms with Crippen molar-refractivity contribution in [2.75, 3.05) is 6.61 Å². The minimum Gasteiger partial charge on any atom is -0.481 e. The van der Waals surface area contributed by atoms with Gasteiger partial charge in [0.2, 0.25) is 5.91 Å².